The van der Waals surface area contributed by atoms with Gasteiger partial charge in [0.15, 0.2) is 11.6 Å². The molecule has 0 aliphatic carbocycles. The maximum absolute atomic E-state index is 13.3. The molecule has 4 N–H and O–H groups in total. The first-order valence-electron chi connectivity index (χ1n) is 9.70. The lowest BCUT2D eigenvalue weighted by molar-refractivity contribution is 0.103. The van der Waals surface area contributed by atoms with Crippen LogP contribution in [-0.4, -0.2) is 11.6 Å². The van der Waals surface area contributed by atoms with Gasteiger partial charge in [-0.05, 0) is 84.3 Å². The first-order valence-corrected chi connectivity index (χ1v) is 9.70. The lowest BCUT2D eigenvalue weighted by Gasteiger charge is -2.15. The lowest BCUT2D eigenvalue weighted by atomic mass is 9.87. The Morgan fingerprint density at radius 1 is 0.533 bits per heavy atom. The third-order valence-electron chi connectivity index (χ3n) is 5.42. The molecule has 0 fully saturated rings. The maximum Gasteiger partial charge on any atom is 0.193 e. The molecule has 0 spiro atoms. The molecule has 0 amide bonds. The number of hydrogen-bond acceptors (Lipinski definition) is 4. The summed E-state index contributed by atoms with van der Waals surface area (Å²) in [5.41, 5.74) is 16.8. The Balaban J connectivity index is 1.92. The van der Waals surface area contributed by atoms with Gasteiger partial charge in [-0.2, -0.15) is 0 Å². The summed E-state index contributed by atoms with van der Waals surface area (Å²) in [6, 6.07) is 21.4. The predicted octanol–water partition coefficient (Wildman–Crippen LogP) is 5.08. The van der Waals surface area contributed by atoms with Gasteiger partial charge in [0.25, 0.3) is 0 Å². The summed E-state index contributed by atoms with van der Waals surface area (Å²) >= 11 is 0. The van der Waals surface area contributed by atoms with E-state index in [4.69, 9.17) is 11.5 Å². The van der Waals surface area contributed by atoms with Crippen LogP contribution in [0.5, 0.6) is 0 Å². The van der Waals surface area contributed by atoms with Crippen molar-refractivity contribution < 1.29 is 9.59 Å². The van der Waals surface area contributed by atoms with Crippen molar-refractivity contribution in [2.24, 2.45) is 0 Å². The smallest absolute Gasteiger partial charge is 0.193 e. The first kappa shape index (κ1) is 19.4. The fraction of sp³-hybridized carbons (Fsp3) is 0.0769. The lowest BCUT2D eigenvalue weighted by Crippen LogP contribution is -2.09. The second-order valence-corrected chi connectivity index (χ2v) is 7.51. The van der Waals surface area contributed by atoms with E-state index in [1.807, 2.05) is 38.1 Å². The molecule has 0 bridgehead atoms. The number of nitrogens with two attached hydrogens (primary N) is 2. The molecule has 0 aliphatic heterocycles. The Hall–Kier alpha value is -3.92. The van der Waals surface area contributed by atoms with Crippen LogP contribution in [0.15, 0.2) is 72.8 Å². The highest BCUT2D eigenvalue weighted by Gasteiger charge is 2.21. The fourth-order valence-electron chi connectivity index (χ4n) is 3.78. The van der Waals surface area contributed by atoms with Crippen molar-refractivity contribution in [3.63, 3.8) is 0 Å². The Morgan fingerprint density at radius 3 is 1.20 bits per heavy atom. The number of nitrogen functional groups attached to an aromatic ring is 2. The van der Waals surface area contributed by atoms with Crippen molar-refractivity contribution in [1.82, 2.24) is 0 Å². The highest BCUT2D eigenvalue weighted by molar-refractivity contribution is 6.22. The van der Waals surface area contributed by atoms with Gasteiger partial charge in [-0.3, -0.25) is 9.59 Å². The van der Waals surface area contributed by atoms with E-state index in [-0.39, 0.29) is 11.6 Å². The zero-order chi connectivity index (χ0) is 21.4. The first-order chi connectivity index (χ1) is 14.4. The van der Waals surface area contributed by atoms with Gasteiger partial charge in [-0.25, -0.2) is 0 Å². The Kier molecular flexibility index (Phi) is 4.84. The molecule has 0 heterocycles. The fourth-order valence-corrected chi connectivity index (χ4v) is 3.78. The van der Waals surface area contributed by atoms with Gasteiger partial charge in [-0.1, -0.05) is 24.3 Å². The van der Waals surface area contributed by atoms with E-state index in [1.165, 1.54) is 0 Å². The molecule has 0 aromatic heterocycles. The van der Waals surface area contributed by atoms with Crippen LogP contribution in [0.2, 0.25) is 0 Å². The Labute approximate surface area is 175 Å². The molecule has 0 saturated heterocycles. The van der Waals surface area contributed by atoms with Crippen LogP contribution in [-0.2, 0) is 0 Å². The topological polar surface area (TPSA) is 86.2 Å². The Morgan fingerprint density at radius 2 is 0.867 bits per heavy atom. The van der Waals surface area contributed by atoms with E-state index in [0.29, 0.717) is 33.6 Å². The zero-order valence-corrected chi connectivity index (χ0v) is 16.9. The molecule has 4 rings (SSSR count). The molecule has 148 valence electrons. The number of fused-ring (bicyclic) bond motifs is 1. The van der Waals surface area contributed by atoms with E-state index in [1.54, 1.807) is 48.5 Å². The molecule has 30 heavy (non-hydrogen) atoms. The third kappa shape index (κ3) is 3.33. The molecule has 0 saturated carbocycles. The average molecular weight is 394 g/mol. The van der Waals surface area contributed by atoms with Crippen LogP contribution in [0, 0.1) is 13.8 Å². The summed E-state index contributed by atoms with van der Waals surface area (Å²) in [6.07, 6.45) is 0. The van der Waals surface area contributed by atoms with Gasteiger partial charge >= 0.3 is 0 Å². The highest BCUT2D eigenvalue weighted by Crippen LogP contribution is 2.31. The van der Waals surface area contributed by atoms with Crippen LogP contribution in [0.25, 0.3) is 10.8 Å². The molecule has 0 aliphatic rings. The number of carbonyl (C=O) groups excluding carboxylic acids is 2. The maximum atomic E-state index is 13.3. The summed E-state index contributed by atoms with van der Waals surface area (Å²) < 4.78 is 0. The van der Waals surface area contributed by atoms with Crippen molar-refractivity contribution in [3.05, 3.63) is 106 Å². The van der Waals surface area contributed by atoms with Crippen molar-refractivity contribution in [3.8, 4) is 0 Å². The second kappa shape index (κ2) is 7.48. The van der Waals surface area contributed by atoms with Crippen LogP contribution in [0.4, 0.5) is 11.4 Å². The summed E-state index contributed by atoms with van der Waals surface area (Å²) in [4.78, 5) is 26.7. The predicted molar refractivity (Wildman–Crippen MR) is 122 cm³/mol. The van der Waals surface area contributed by atoms with E-state index >= 15 is 0 Å². The van der Waals surface area contributed by atoms with Gasteiger partial charge in [0, 0.05) is 33.6 Å². The largest absolute Gasteiger partial charge is 0.399 e. The summed E-state index contributed by atoms with van der Waals surface area (Å²) in [5.74, 6) is -0.180. The quantitative estimate of drug-likeness (QED) is 0.373. The van der Waals surface area contributed by atoms with Crippen LogP contribution in [0.1, 0.15) is 43.0 Å². The Bertz CT molecular complexity index is 1180. The number of anilines is 2. The van der Waals surface area contributed by atoms with E-state index in [2.05, 4.69) is 0 Å². The number of carbonyl (C=O) groups is 2. The normalized spacial score (nSPS) is 10.9. The zero-order valence-electron chi connectivity index (χ0n) is 16.9. The second-order valence-electron chi connectivity index (χ2n) is 7.51. The minimum Gasteiger partial charge on any atom is -0.399 e. The molecule has 0 unspecified atom stereocenters. The van der Waals surface area contributed by atoms with Crippen molar-refractivity contribution in [1.29, 1.82) is 0 Å². The summed E-state index contributed by atoms with van der Waals surface area (Å²) in [5, 5.41) is 1.53. The molecule has 0 radical (unpaired) electrons. The molecular weight excluding hydrogens is 372 g/mol. The third-order valence-corrected chi connectivity index (χ3v) is 5.42. The number of ketones is 2. The van der Waals surface area contributed by atoms with Gasteiger partial charge in [0.2, 0.25) is 0 Å². The molecular formula is C26H22N2O2. The van der Waals surface area contributed by atoms with Crippen molar-refractivity contribution in [2.45, 2.75) is 13.8 Å². The number of hydrogen-bond donors (Lipinski definition) is 2. The summed E-state index contributed by atoms with van der Waals surface area (Å²) in [7, 11) is 0. The molecule has 4 aromatic carbocycles. The molecule has 4 nitrogen and oxygen atoms in total. The van der Waals surface area contributed by atoms with Gasteiger partial charge in [-0.15, -0.1) is 0 Å². The van der Waals surface area contributed by atoms with E-state index in [9.17, 15) is 9.59 Å². The van der Waals surface area contributed by atoms with Gasteiger partial charge < -0.3 is 11.5 Å². The molecule has 4 aromatic rings. The van der Waals surface area contributed by atoms with Crippen LogP contribution < -0.4 is 11.5 Å². The number of benzene rings is 4. The van der Waals surface area contributed by atoms with E-state index < -0.39 is 0 Å². The average Bonchev–Trinajstić information content (AvgIpc) is 2.74. The minimum atomic E-state index is -0.0900. The standard InChI is InChI=1S/C26H22N2O2/c1-15-3-13-22-21(23(15)25(29)17-5-9-19(27)10-6-17)14-4-16(2)24(22)26(30)18-7-11-20(28)12-8-18/h3-14H,27-28H2,1-2H3. The summed E-state index contributed by atoms with van der Waals surface area (Å²) in [6.45, 7) is 3.82. The van der Waals surface area contributed by atoms with Crippen LogP contribution in [0.3, 0.4) is 0 Å². The van der Waals surface area contributed by atoms with Crippen molar-refractivity contribution in [2.75, 3.05) is 11.5 Å². The van der Waals surface area contributed by atoms with Crippen molar-refractivity contribution >= 4 is 33.7 Å². The van der Waals surface area contributed by atoms with E-state index in [0.717, 1.165) is 21.9 Å². The minimum absolute atomic E-state index is 0.0900. The van der Waals surface area contributed by atoms with Gasteiger partial charge in [0.1, 0.15) is 0 Å². The monoisotopic (exact) mass is 394 g/mol. The molecule has 4 heteroatoms. The highest BCUT2D eigenvalue weighted by atomic mass is 16.1. The SMILES string of the molecule is Cc1ccc2c(C(=O)c3ccc(N)cc3)c(C)ccc2c1C(=O)c1ccc(N)cc1. The number of rotatable bonds is 4. The molecule has 0 atom stereocenters. The van der Waals surface area contributed by atoms with Crippen LogP contribution >= 0.6 is 0 Å². The van der Waals surface area contributed by atoms with Gasteiger partial charge in [0.05, 0.1) is 0 Å². The number of aryl methyl sites for hydroxylation is 2.